The van der Waals surface area contributed by atoms with Crippen LogP contribution in [-0.4, -0.2) is 31.0 Å². The van der Waals surface area contributed by atoms with Crippen LogP contribution in [0.15, 0.2) is 60.7 Å². The van der Waals surface area contributed by atoms with Crippen molar-refractivity contribution >= 4 is 23.3 Å². The molecule has 7 nitrogen and oxygen atoms in total. The third kappa shape index (κ3) is 5.50. The summed E-state index contributed by atoms with van der Waals surface area (Å²) in [4.78, 5) is 11.3. The van der Waals surface area contributed by atoms with Gasteiger partial charge in [0.05, 0.1) is 19.2 Å². The monoisotopic (exact) mass is 455 g/mol. The van der Waals surface area contributed by atoms with Crippen LogP contribution in [0.25, 0.3) is 0 Å². The van der Waals surface area contributed by atoms with Crippen LogP contribution < -0.4 is 18.9 Å². The lowest BCUT2D eigenvalue weighted by atomic mass is 10.1. The van der Waals surface area contributed by atoms with Crippen LogP contribution >= 0.6 is 11.6 Å². The van der Waals surface area contributed by atoms with E-state index in [4.69, 9.17) is 36.0 Å². The van der Waals surface area contributed by atoms with E-state index in [0.717, 1.165) is 16.9 Å². The second-order valence-electron chi connectivity index (χ2n) is 6.71. The first-order chi connectivity index (χ1) is 15.4. The normalized spacial score (nSPS) is 10.3. The highest BCUT2D eigenvalue weighted by atomic mass is 35.5. The largest absolute Gasteiger partial charge is 0.497 e. The first-order valence-electron chi connectivity index (χ1n) is 9.59. The Bertz CT molecular complexity index is 1100. The van der Waals surface area contributed by atoms with Crippen molar-refractivity contribution < 1.29 is 28.8 Å². The van der Waals surface area contributed by atoms with Crippen molar-refractivity contribution in [1.82, 2.24) is 0 Å². The summed E-state index contributed by atoms with van der Waals surface area (Å²) in [5, 5.41) is 17.0. The molecule has 0 aliphatic carbocycles. The van der Waals surface area contributed by atoms with Gasteiger partial charge in [-0.3, -0.25) is 5.41 Å². The lowest BCUT2D eigenvalue weighted by molar-refractivity contribution is -0.129. The minimum absolute atomic E-state index is 0.00172. The molecule has 0 aliphatic heterocycles. The molecule has 0 amide bonds. The summed E-state index contributed by atoms with van der Waals surface area (Å²) in [6, 6.07) is 17.7. The number of aliphatic carboxylic acids is 1. The average Bonchev–Trinajstić information content (AvgIpc) is 2.82. The van der Waals surface area contributed by atoms with E-state index in [2.05, 4.69) is 0 Å². The van der Waals surface area contributed by atoms with Crippen LogP contribution in [0, 0.1) is 5.41 Å². The maximum atomic E-state index is 11.3. The number of carboxylic acid groups (broad SMARTS) is 1. The van der Waals surface area contributed by atoms with Crippen molar-refractivity contribution in [2.24, 2.45) is 0 Å². The number of benzene rings is 3. The second kappa shape index (κ2) is 10.5. The van der Waals surface area contributed by atoms with Gasteiger partial charge in [-0.05, 0) is 47.5 Å². The summed E-state index contributed by atoms with van der Waals surface area (Å²) < 4.78 is 22.1. The lowest BCUT2D eigenvalue weighted by Crippen LogP contribution is -2.14. The van der Waals surface area contributed by atoms with E-state index in [1.807, 2.05) is 36.4 Å². The molecular weight excluding hydrogens is 434 g/mol. The van der Waals surface area contributed by atoms with E-state index < -0.39 is 11.7 Å². The fourth-order valence-corrected chi connectivity index (χ4v) is 3.16. The standard InChI is InChI=1S/C24H22ClNO6/c1-29-17-7-3-15(4-8-17)13-31-20-12-11-19(22(26)24(27)28)21(25)23(20)32-14-16-5-9-18(30-2)10-6-16/h3-12,26H,13-14H2,1-2H3,(H,27,28). The molecular formula is C24H22ClNO6. The Morgan fingerprint density at radius 3 is 1.81 bits per heavy atom. The number of hydrogen-bond donors (Lipinski definition) is 2. The van der Waals surface area contributed by atoms with Crippen LogP contribution in [0.2, 0.25) is 5.02 Å². The maximum Gasteiger partial charge on any atom is 0.354 e. The number of hydrogen-bond acceptors (Lipinski definition) is 6. The Morgan fingerprint density at radius 1 is 0.844 bits per heavy atom. The zero-order valence-electron chi connectivity index (χ0n) is 17.6. The van der Waals surface area contributed by atoms with Crippen molar-refractivity contribution in [1.29, 1.82) is 5.41 Å². The zero-order chi connectivity index (χ0) is 23.1. The Balaban J connectivity index is 1.85. The molecule has 166 valence electrons. The molecule has 2 N–H and O–H groups in total. The fourth-order valence-electron chi connectivity index (χ4n) is 2.85. The van der Waals surface area contributed by atoms with Crippen molar-refractivity contribution in [3.8, 4) is 23.0 Å². The summed E-state index contributed by atoms with van der Waals surface area (Å²) >= 11 is 6.44. The van der Waals surface area contributed by atoms with Crippen LogP contribution in [0.1, 0.15) is 16.7 Å². The second-order valence-corrected chi connectivity index (χ2v) is 7.09. The Morgan fingerprint density at radius 2 is 1.34 bits per heavy atom. The van der Waals surface area contributed by atoms with Gasteiger partial charge in [0.1, 0.15) is 30.4 Å². The maximum absolute atomic E-state index is 11.3. The van der Waals surface area contributed by atoms with Gasteiger partial charge < -0.3 is 24.1 Å². The molecule has 3 aromatic carbocycles. The topological polar surface area (TPSA) is 98.1 Å². The first kappa shape index (κ1) is 23.0. The predicted molar refractivity (Wildman–Crippen MR) is 121 cm³/mol. The minimum Gasteiger partial charge on any atom is -0.497 e. The molecule has 0 aromatic heterocycles. The molecule has 0 saturated heterocycles. The number of halogens is 1. The lowest BCUT2D eigenvalue weighted by Gasteiger charge is -2.17. The fraction of sp³-hybridized carbons (Fsp3) is 0.167. The summed E-state index contributed by atoms with van der Waals surface area (Å²) in [5.74, 6) is 0.560. The molecule has 0 aliphatic rings. The Hall–Kier alpha value is -3.71. The molecule has 0 radical (unpaired) electrons. The molecule has 3 aromatic rings. The number of carbonyl (C=O) groups is 1. The summed E-state index contributed by atoms with van der Waals surface area (Å²) in [6.45, 7) is 0.390. The quantitative estimate of drug-likeness (QED) is 0.419. The molecule has 0 spiro atoms. The van der Waals surface area contributed by atoms with E-state index in [0.29, 0.717) is 11.5 Å². The summed E-state index contributed by atoms with van der Waals surface area (Å²) in [6.07, 6.45) is 0. The van der Waals surface area contributed by atoms with Crippen molar-refractivity contribution in [2.75, 3.05) is 14.2 Å². The highest BCUT2D eigenvalue weighted by molar-refractivity contribution is 6.46. The first-order valence-corrected chi connectivity index (χ1v) is 9.97. The van der Waals surface area contributed by atoms with Gasteiger partial charge in [-0.15, -0.1) is 0 Å². The van der Waals surface area contributed by atoms with E-state index in [1.54, 1.807) is 32.4 Å². The molecule has 8 heteroatoms. The van der Waals surface area contributed by atoms with Gasteiger partial charge in [-0.2, -0.15) is 0 Å². The van der Waals surface area contributed by atoms with Gasteiger partial charge in [0.15, 0.2) is 11.5 Å². The third-order valence-corrected chi connectivity index (χ3v) is 5.02. The number of ether oxygens (including phenoxy) is 4. The molecule has 32 heavy (non-hydrogen) atoms. The van der Waals surface area contributed by atoms with Gasteiger partial charge in [-0.1, -0.05) is 35.9 Å². The van der Waals surface area contributed by atoms with Gasteiger partial charge in [0.25, 0.3) is 0 Å². The Labute approximate surface area is 190 Å². The van der Waals surface area contributed by atoms with E-state index in [-0.39, 0.29) is 29.5 Å². The Kier molecular flexibility index (Phi) is 7.57. The van der Waals surface area contributed by atoms with Crippen LogP contribution in [0.4, 0.5) is 0 Å². The smallest absolute Gasteiger partial charge is 0.354 e. The van der Waals surface area contributed by atoms with Crippen molar-refractivity contribution in [3.05, 3.63) is 82.4 Å². The summed E-state index contributed by atoms with van der Waals surface area (Å²) in [7, 11) is 3.18. The van der Waals surface area contributed by atoms with Crippen LogP contribution in [-0.2, 0) is 18.0 Å². The molecule has 0 atom stereocenters. The van der Waals surface area contributed by atoms with Crippen molar-refractivity contribution in [3.63, 3.8) is 0 Å². The summed E-state index contributed by atoms with van der Waals surface area (Å²) in [5.41, 5.74) is 1.15. The average molecular weight is 456 g/mol. The van der Waals surface area contributed by atoms with E-state index in [9.17, 15) is 9.90 Å². The van der Waals surface area contributed by atoms with Gasteiger partial charge in [0.2, 0.25) is 0 Å². The number of carboxylic acids is 1. The SMILES string of the molecule is COc1ccc(COc2ccc(C(=N)C(=O)O)c(Cl)c2OCc2ccc(OC)cc2)cc1. The van der Waals surface area contributed by atoms with Gasteiger partial charge in [0, 0.05) is 5.56 Å². The van der Waals surface area contributed by atoms with Crippen LogP contribution in [0.5, 0.6) is 23.0 Å². The van der Waals surface area contributed by atoms with Gasteiger partial charge >= 0.3 is 5.97 Å². The number of nitrogens with one attached hydrogen (secondary N) is 1. The number of methoxy groups -OCH3 is 2. The van der Waals surface area contributed by atoms with E-state index >= 15 is 0 Å². The highest BCUT2D eigenvalue weighted by Gasteiger charge is 2.21. The number of rotatable bonds is 10. The molecule has 0 fully saturated rings. The predicted octanol–water partition coefficient (Wildman–Crippen LogP) is 4.97. The highest BCUT2D eigenvalue weighted by Crippen LogP contribution is 2.39. The molecule has 0 bridgehead atoms. The molecule has 0 saturated carbocycles. The molecule has 0 unspecified atom stereocenters. The van der Waals surface area contributed by atoms with E-state index in [1.165, 1.54) is 6.07 Å². The molecule has 3 rings (SSSR count). The van der Waals surface area contributed by atoms with Crippen LogP contribution in [0.3, 0.4) is 0 Å². The zero-order valence-corrected chi connectivity index (χ0v) is 18.3. The third-order valence-electron chi connectivity index (χ3n) is 4.64. The van der Waals surface area contributed by atoms with Gasteiger partial charge in [-0.25, -0.2) is 4.79 Å². The van der Waals surface area contributed by atoms with Crippen molar-refractivity contribution in [2.45, 2.75) is 13.2 Å². The minimum atomic E-state index is -1.39. The molecule has 0 heterocycles.